The molecule has 0 unspecified atom stereocenters. The van der Waals surface area contributed by atoms with Crippen molar-refractivity contribution in [2.45, 2.75) is 18.9 Å². The Morgan fingerprint density at radius 2 is 2.27 bits per heavy atom. The van der Waals surface area contributed by atoms with Crippen LogP contribution in [-0.2, 0) is 0 Å². The van der Waals surface area contributed by atoms with E-state index in [0.717, 1.165) is 24.2 Å². The number of carboxylic acids is 1. The number of aromatic carboxylic acids is 1. The van der Waals surface area contributed by atoms with Crippen molar-refractivity contribution in [3.63, 3.8) is 0 Å². The molecule has 1 aliphatic rings. The van der Waals surface area contributed by atoms with Gasteiger partial charge < -0.3 is 10.4 Å². The van der Waals surface area contributed by atoms with Gasteiger partial charge in [0.05, 0.1) is 0 Å². The maximum atomic E-state index is 11.2. The van der Waals surface area contributed by atoms with Gasteiger partial charge in [-0.15, -0.1) is 11.3 Å². The van der Waals surface area contributed by atoms with Crippen LogP contribution in [0.4, 0.5) is 9.93 Å². The molecule has 0 aromatic carbocycles. The normalized spacial score (nSPS) is 14.7. The molecule has 1 fully saturated rings. The number of nitrogens with one attached hydrogen (secondary N) is 2. The van der Waals surface area contributed by atoms with E-state index >= 15 is 0 Å². The highest BCUT2D eigenvalue weighted by Gasteiger charge is 2.23. The number of anilines is 1. The minimum Gasteiger partial charge on any atom is -0.476 e. The lowest BCUT2D eigenvalue weighted by Gasteiger charge is -2.01. The standard InChI is InChI=1S/C8H9N3O3S/c12-6(13)5-3-15-8(10-5)11-7(14)9-4-1-2-4/h3-4H,1-2H2,(H,12,13)(H2,9,10,11,14). The van der Waals surface area contributed by atoms with Crippen LogP contribution < -0.4 is 10.6 Å². The molecule has 1 aromatic rings. The molecule has 0 saturated heterocycles. The van der Waals surface area contributed by atoms with Crippen LogP contribution in [0, 0.1) is 0 Å². The molecule has 0 bridgehead atoms. The molecule has 6 nitrogen and oxygen atoms in total. The molecule has 1 aromatic heterocycles. The SMILES string of the molecule is O=C(Nc1nc(C(=O)O)cs1)NC1CC1. The Labute approximate surface area is 89.3 Å². The summed E-state index contributed by atoms with van der Waals surface area (Å²) in [6.07, 6.45) is 2.01. The van der Waals surface area contributed by atoms with E-state index in [0.29, 0.717) is 5.13 Å². The van der Waals surface area contributed by atoms with E-state index in [1.807, 2.05) is 0 Å². The van der Waals surface area contributed by atoms with Gasteiger partial charge in [-0.25, -0.2) is 14.6 Å². The zero-order valence-electron chi connectivity index (χ0n) is 7.69. The molecule has 2 amide bonds. The summed E-state index contributed by atoms with van der Waals surface area (Å²) in [7, 11) is 0. The fourth-order valence-corrected chi connectivity index (χ4v) is 1.66. The van der Waals surface area contributed by atoms with Gasteiger partial charge in [0, 0.05) is 11.4 Å². The fraction of sp³-hybridized carbons (Fsp3) is 0.375. The zero-order valence-corrected chi connectivity index (χ0v) is 8.50. The third-order valence-electron chi connectivity index (χ3n) is 1.86. The predicted molar refractivity (Wildman–Crippen MR) is 54.2 cm³/mol. The Balaban J connectivity index is 1.91. The summed E-state index contributed by atoms with van der Waals surface area (Å²) >= 11 is 1.09. The minimum absolute atomic E-state index is 0.0540. The summed E-state index contributed by atoms with van der Waals surface area (Å²) in [5.74, 6) is -1.10. The minimum atomic E-state index is -1.10. The van der Waals surface area contributed by atoms with E-state index in [2.05, 4.69) is 15.6 Å². The van der Waals surface area contributed by atoms with Crippen molar-refractivity contribution < 1.29 is 14.7 Å². The Kier molecular flexibility index (Phi) is 2.55. The smallest absolute Gasteiger partial charge is 0.355 e. The maximum Gasteiger partial charge on any atom is 0.355 e. The summed E-state index contributed by atoms with van der Waals surface area (Å²) in [5.41, 5.74) is -0.0540. The second-order valence-corrected chi connectivity index (χ2v) is 4.07. The molecule has 0 atom stereocenters. The summed E-state index contributed by atoms with van der Waals surface area (Å²) in [5, 5.41) is 15.5. The second-order valence-electron chi connectivity index (χ2n) is 3.22. The Hall–Kier alpha value is -1.63. The molecule has 1 aliphatic carbocycles. The highest BCUT2D eigenvalue weighted by atomic mass is 32.1. The number of hydrogen-bond acceptors (Lipinski definition) is 4. The quantitative estimate of drug-likeness (QED) is 0.721. The predicted octanol–water partition coefficient (Wildman–Crippen LogP) is 1.13. The Bertz CT molecular complexity index is 400. The first-order chi connectivity index (χ1) is 7.15. The molecule has 1 saturated carbocycles. The average Bonchev–Trinajstić information content (AvgIpc) is 2.82. The largest absolute Gasteiger partial charge is 0.476 e. The molecule has 0 aliphatic heterocycles. The van der Waals surface area contributed by atoms with Crippen molar-refractivity contribution >= 4 is 28.5 Å². The molecule has 0 radical (unpaired) electrons. The van der Waals surface area contributed by atoms with Gasteiger partial charge in [-0.3, -0.25) is 5.32 Å². The van der Waals surface area contributed by atoms with Crippen molar-refractivity contribution in [3.8, 4) is 0 Å². The molecule has 7 heteroatoms. The maximum absolute atomic E-state index is 11.2. The van der Waals surface area contributed by atoms with Gasteiger partial charge in [-0.2, -0.15) is 0 Å². The van der Waals surface area contributed by atoms with Crippen molar-refractivity contribution in [1.82, 2.24) is 10.3 Å². The Morgan fingerprint density at radius 1 is 1.53 bits per heavy atom. The number of thiazole rings is 1. The van der Waals surface area contributed by atoms with Crippen LogP contribution >= 0.6 is 11.3 Å². The van der Waals surface area contributed by atoms with Gasteiger partial charge in [0.25, 0.3) is 0 Å². The molecule has 2 rings (SSSR count). The van der Waals surface area contributed by atoms with E-state index in [1.54, 1.807) is 0 Å². The second kappa shape index (κ2) is 3.85. The molecule has 15 heavy (non-hydrogen) atoms. The van der Waals surface area contributed by atoms with Crippen LogP contribution in [0.15, 0.2) is 5.38 Å². The van der Waals surface area contributed by atoms with E-state index in [9.17, 15) is 9.59 Å². The van der Waals surface area contributed by atoms with Crippen LogP contribution in [-0.4, -0.2) is 28.1 Å². The number of nitrogens with zero attached hydrogens (tertiary/aromatic N) is 1. The van der Waals surface area contributed by atoms with E-state index in [-0.39, 0.29) is 17.8 Å². The van der Waals surface area contributed by atoms with Crippen molar-refractivity contribution in [2.24, 2.45) is 0 Å². The number of aromatic nitrogens is 1. The topological polar surface area (TPSA) is 91.3 Å². The van der Waals surface area contributed by atoms with Gasteiger partial charge >= 0.3 is 12.0 Å². The average molecular weight is 227 g/mol. The Morgan fingerprint density at radius 3 is 2.80 bits per heavy atom. The third kappa shape index (κ3) is 2.66. The number of rotatable bonds is 3. The first-order valence-electron chi connectivity index (χ1n) is 4.41. The lowest BCUT2D eigenvalue weighted by molar-refractivity contribution is 0.0691. The monoisotopic (exact) mass is 227 g/mol. The summed E-state index contributed by atoms with van der Waals surface area (Å²) in [6, 6.07) is -0.0623. The van der Waals surface area contributed by atoms with Crippen LogP contribution in [0.5, 0.6) is 0 Å². The highest BCUT2D eigenvalue weighted by Crippen LogP contribution is 2.19. The highest BCUT2D eigenvalue weighted by molar-refractivity contribution is 7.14. The zero-order chi connectivity index (χ0) is 10.8. The number of carboxylic acid groups (broad SMARTS) is 1. The molecule has 3 N–H and O–H groups in total. The van der Waals surface area contributed by atoms with Crippen LogP contribution in [0.1, 0.15) is 23.3 Å². The summed E-state index contributed by atoms with van der Waals surface area (Å²) in [4.78, 5) is 25.5. The number of carbonyl (C=O) groups excluding carboxylic acids is 1. The molecule has 80 valence electrons. The molecule has 1 heterocycles. The van der Waals surface area contributed by atoms with E-state index in [1.165, 1.54) is 5.38 Å². The number of hydrogen-bond donors (Lipinski definition) is 3. The van der Waals surface area contributed by atoms with E-state index < -0.39 is 5.97 Å². The number of amides is 2. The molecular weight excluding hydrogens is 218 g/mol. The number of carbonyl (C=O) groups is 2. The first kappa shape index (κ1) is 9.91. The van der Waals surface area contributed by atoms with Crippen LogP contribution in [0.25, 0.3) is 0 Å². The van der Waals surface area contributed by atoms with Crippen molar-refractivity contribution in [1.29, 1.82) is 0 Å². The van der Waals surface area contributed by atoms with Crippen LogP contribution in [0.2, 0.25) is 0 Å². The molecular formula is C8H9N3O3S. The first-order valence-corrected chi connectivity index (χ1v) is 5.29. The number of urea groups is 1. The fourth-order valence-electron chi connectivity index (χ4n) is 0.976. The lowest BCUT2D eigenvalue weighted by atomic mass is 10.5. The third-order valence-corrected chi connectivity index (χ3v) is 2.61. The van der Waals surface area contributed by atoms with Crippen molar-refractivity contribution in [3.05, 3.63) is 11.1 Å². The van der Waals surface area contributed by atoms with Gasteiger partial charge in [0.15, 0.2) is 10.8 Å². The van der Waals surface area contributed by atoms with Crippen molar-refractivity contribution in [2.75, 3.05) is 5.32 Å². The summed E-state index contributed by atoms with van der Waals surface area (Å²) in [6.45, 7) is 0. The van der Waals surface area contributed by atoms with Crippen LogP contribution in [0.3, 0.4) is 0 Å². The van der Waals surface area contributed by atoms with Gasteiger partial charge in [0.1, 0.15) is 0 Å². The van der Waals surface area contributed by atoms with E-state index in [4.69, 9.17) is 5.11 Å². The summed E-state index contributed by atoms with van der Waals surface area (Å²) < 4.78 is 0. The lowest BCUT2D eigenvalue weighted by Crippen LogP contribution is -2.30. The molecule has 0 spiro atoms. The van der Waals surface area contributed by atoms with Gasteiger partial charge in [0.2, 0.25) is 0 Å². The van der Waals surface area contributed by atoms with Gasteiger partial charge in [-0.05, 0) is 12.8 Å². The van der Waals surface area contributed by atoms with Gasteiger partial charge in [-0.1, -0.05) is 0 Å².